The van der Waals surface area contributed by atoms with Crippen LogP contribution in [0.1, 0.15) is 56.1 Å². The highest BCUT2D eigenvalue weighted by Gasteiger charge is 2.16. The molecule has 1 aromatic carbocycles. The van der Waals surface area contributed by atoms with Gasteiger partial charge in [-0.2, -0.15) is 0 Å². The number of rotatable bonds is 6. The second kappa shape index (κ2) is 7.66. The zero-order chi connectivity index (χ0) is 13.5. The van der Waals surface area contributed by atoms with Crippen LogP contribution in [0, 0.1) is 12.8 Å². The Hall–Kier alpha value is -0.860. The van der Waals surface area contributed by atoms with E-state index in [4.69, 9.17) is 5.84 Å². The monoisotopic (exact) mass is 260 g/mol. The molecule has 0 aromatic heterocycles. The fourth-order valence-electron chi connectivity index (χ4n) is 3.28. The molecule has 1 saturated carbocycles. The van der Waals surface area contributed by atoms with E-state index in [1.165, 1.54) is 56.1 Å². The van der Waals surface area contributed by atoms with Crippen LogP contribution >= 0.6 is 0 Å². The van der Waals surface area contributed by atoms with Gasteiger partial charge in [0.05, 0.1) is 0 Å². The highest BCUT2D eigenvalue weighted by Crippen LogP contribution is 2.28. The van der Waals surface area contributed by atoms with Crippen LogP contribution in [0.25, 0.3) is 0 Å². The minimum absolute atomic E-state index is 0.420. The van der Waals surface area contributed by atoms with Gasteiger partial charge in [-0.1, -0.05) is 61.9 Å². The Kier molecular flexibility index (Phi) is 5.87. The molecule has 1 aliphatic rings. The van der Waals surface area contributed by atoms with Crippen molar-refractivity contribution in [3.63, 3.8) is 0 Å². The van der Waals surface area contributed by atoms with Crippen LogP contribution in [0.15, 0.2) is 24.3 Å². The number of hydrazine groups is 1. The first-order valence-electron chi connectivity index (χ1n) is 7.79. The minimum Gasteiger partial charge on any atom is -0.271 e. The lowest BCUT2D eigenvalue weighted by atomic mass is 9.84. The number of aryl methyl sites for hydroxylation is 1. The van der Waals surface area contributed by atoms with E-state index in [1.54, 1.807) is 0 Å². The van der Waals surface area contributed by atoms with Crippen molar-refractivity contribution in [1.29, 1.82) is 0 Å². The number of benzene rings is 1. The molecule has 106 valence electrons. The fraction of sp³-hybridized carbons (Fsp3) is 0.647. The summed E-state index contributed by atoms with van der Waals surface area (Å²) in [6.07, 6.45) is 10.8. The van der Waals surface area contributed by atoms with Crippen molar-refractivity contribution in [2.24, 2.45) is 11.8 Å². The molecule has 0 bridgehead atoms. The van der Waals surface area contributed by atoms with Gasteiger partial charge >= 0.3 is 0 Å². The van der Waals surface area contributed by atoms with E-state index >= 15 is 0 Å². The van der Waals surface area contributed by atoms with Gasteiger partial charge in [-0.15, -0.1) is 0 Å². The van der Waals surface area contributed by atoms with Crippen LogP contribution in [0.4, 0.5) is 0 Å². The van der Waals surface area contributed by atoms with Gasteiger partial charge in [-0.05, 0) is 37.7 Å². The lowest BCUT2D eigenvalue weighted by Gasteiger charge is -2.24. The highest BCUT2D eigenvalue weighted by atomic mass is 15.2. The predicted molar refractivity (Wildman–Crippen MR) is 81.8 cm³/mol. The molecule has 0 radical (unpaired) electrons. The molecule has 0 amide bonds. The fourth-order valence-corrected chi connectivity index (χ4v) is 3.28. The van der Waals surface area contributed by atoms with Crippen molar-refractivity contribution in [2.75, 3.05) is 0 Å². The van der Waals surface area contributed by atoms with E-state index in [0.29, 0.717) is 6.04 Å². The molecule has 19 heavy (non-hydrogen) atoms. The summed E-state index contributed by atoms with van der Waals surface area (Å²) < 4.78 is 0. The van der Waals surface area contributed by atoms with Crippen LogP contribution in [-0.2, 0) is 6.42 Å². The molecular formula is C17H28N2. The van der Waals surface area contributed by atoms with E-state index in [9.17, 15) is 0 Å². The molecular weight excluding hydrogens is 232 g/mol. The second-order valence-corrected chi connectivity index (χ2v) is 6.14. The van der Waals surface area contributed by atoms with E-state index in [-0.39, 0.29) is 0 Å². The van der Waals surface area contributed by atoms with E-state index in [1.807, 2.05) is 0 Å². The van der Waals surface area contributed by atoms with Crippen molar-refractivity contribution in [1.82, 2.24) is 5.43 Å². The smallest absolute Gasteiger partial charge is 0.0251 e. The van der Waals surface area contributed by atoms with Crippen molar-refractivity contribution in [3.05, 3.63) is 35.4 Å². The second-order valence-electron chi connectivity index (χ2n) is 6.14. The standard InChI is InChI=1S/C17H28N2/c1-14-6-5-9-16(12-14)13-17(19-18)11-10-15-7-3-2-4-8-15/h5-6,9,12,15,17,19H,2-4,7-8,10-11,13,18H2,1H3. The normalized spacial score (nSPS) is 18.4. The maximum atomic E-state index is 5.72. The Morgan fingerprint density at radius 2 is 2.05 bits per heavy atom. The van der Waals surface area contributed by atoms with Gasteiger partial charge in [0.1, 0.15) is 0 Å². The zero-order valence-electron chi connectivity index (χ0n) is 12.2. The van der Waals surface area contributed by atoms with E-state index in [0.717, 1.165) is 12.3 Å². The molecule has 1 fully saturated rings. The molecule has 2 rings (SSSR count). The Labute approximate surface area is 117 Å². The highest BCUT2D eigenvalue weighted by molar-refractivity contribution is 5.22. The molecule has 0 saturated heterocycles. The predicted octanol–water partition coefficient (Wildman–Crippen LogP) is 3.73. The van der Waals surface area contributed by atoms with Gasteiger partial charge < -0.3 is 0 Å². The van der Waals surface area contributed by atoms with Gasteiger partial charge in [0.25, 0.3) is 0 Å². The quantitative estimate of drug-likeness (QED) is 0.604. The summed E-state index contributed by atoms with van der Waals surface area (Å²) in [7, 11) is 0. The Morgan fingerprint density at radius 1 is 1.26 bits per heavy atom. The van der Waals surface area contributed by atoms with Crippen LogP contribution < -0.4 is 11.3 Å². The van der Waals surface area contributed by atoms with Gasteiger partial charge in [0, 0.05) is 6.04 Å². The minimum atomic E-state index is 0.420. The molecule has 1 aliphatic carbocycles. The SMILES string of the molecule is Cc1cccc(CC(CCC2CCCCC2)NN)c1. The first-order chi connectivity index (χ1) is 9.28. The van der Waals surface area contributed by atoms with Crippen molar-refractivity contribution in [3.8, 4) is 0 Å². The van der Waals surface area contributed by atoms with E-state index in [2.05, 4.69) is 36.6 Å². The summed E-state index contributed by atoms with van der Waals surface area (Å²) in [6.45, 7) is 2.15. The van der Waals surface area contributed by atoms with Gasteiger partial charge in [0.2, 0.25) is 0 Å². The van der Waals surface area contributed by atoms with E-state index < -0.39 is 0 Å². The van der Waals surface area contributed by atoms with Crippen LogP contribution in [-0.4, -0.2) is 6.04 Å². The third kappa shape index (κ3) is 4.96. The molecule has 2 nitrogen and oxygen atoms in total. The number of hydrogen-bond acceptors (Lipinski definition) is 2. The summed E-state index contributed by atoms with van der Waals surface area (Å²) >= 11 is 0. The molecule has 0 spiro atoms. The Balaban J connectivity index is 1.79. The molecule has 1 aromatic rings. The third-order valence-electron chi connectivity index (χ3n) is 4.45. The Bertz CT molecular complexity index is 369. The summed E-state index contributed by atoms with van der Waals surface area (Å²) in [5.41, 5.74) is 5.74. The van der Waals surface area contributed by atoms with Crippen LogP contribution in [0.2, 0.25) is 0 Å². The van der Waals surface area contributed by atoms with Crippen molar-refractivity contribution < 1.29 is 0 Å². The number of hydrogen-bond donors (Lipinski definition) is 2. The zero-order valence-corrected chi connectivity index (χ0v) is 12.2. The largest absolute Gasteiger partial charge is 0.271 e. The molecule has 1 atom stereocenters. The maximum absolute atomic E-state index is 5.72. The summed E-state index contributed by atoms with van der Waals surface area (Å²) in [5, 5.41) is 0. The van der Waals surface area contributed by atoms with Gasteiger partial charge in [-0.3, -0.25) is 11.3 Å². The van der Waals surface area contributed by atoms with Gasteiger partial charge in [-0.25, -0.2) is 0 Å². The maximum Gasteiger partial charge on any atom is 0.0251 e. The first kappa shape index (κ1) is 14.5. The van der Waals surface area contributed by atoms with Gasteiger partial charge in [0.15, 0.2) is 0 Å². The molecule has 0 aliphatic heterocycles. The van der Waals surface area contributed by atoms with Crippen molar-refractivity contribution >= 4 is 0 Å². The molecule has 1 unspecified atom stereocenters. The average Bonchev–Trinajstić information content (AvgIpc) is 2.44. The lowest BCUT2D eigenvalue weighted by molar-refractivity contribution is 0.313. The third-order valence-corrected chi connectivity index (χ3v) is 4.45. The summed E-state index contributed by atoms with van der Waals surface area (Å²) in [6, 6.07) is 9.18. The number of nitrogens with one attached hydrogen (secondary N) is 1. The number of nitrogens with two attached hydrogens (primary N) is 1. The van der Waals surface area contributed by atoms with Crippen LogP contribution in [0.3, 0.4) is 0 Å². The van der Waals surface area contributed by atoms with Crippen LogP contribution in [0.5, 0.6) is 0 Å². The molecule has 2 heteroatoms. The summed E-state index contributed by atoms with van der Waals surface area (Å²) in [4.78, 5) is 0. The first-order valence-corrected chi connectivity index (χ1v) is 7.79. The Morgan fingerprint density at radius 3 is 2.74 bits per heavy atom. The lowest BCUT2D eigenvalue weighted by Crippen LogP contribution is -2.37. The summed E-state index contributed by atoms with van der Waals surface area (Å²) in [5.74, 6) is 6.67. The topological polar surface area (TPSA) is 38.0 Å². The average molecular weight is 260 g/mol. The van der Waals surface area contributed by atoms with Crippen molar-refractivity contribution in [2.45, 2.75) is 64.3 Å². The molecule has 3 N–H and O–H groups in total. The molecule has 0 heterocycles.